The van der Waals surface area contributed by atoms with E-state index in [1.807, 2.05) is 12.1 Å². The highest BCUT2D eigenvalue weighted by molar-refractivity contribution is 5.89. The van der Waals surface area contributed by atoms with Crippen molar-refractivity contribution in [3.8, 4) is 0 Å². The number of hydrogen-bond acceptors (Lipinski definition) is 5. The predicted octanol–water partition coefficient (Wildman–Crippen LogP) is 1.14. The van der Waals surface area contributed by atoms with E-state index in [2.05, 4.69) is 10.2 Å². The zero-order valence-electron chi connectivity index (χ0n) is 10.1. The van der Waals surface area contributed by atoms with Gasteiger partial charge in [0.15, 0.2) is 0 Å². The molecule has 0 unspecified atom stereocenters. The standard InChI is InChI=1S/C12H17NO4/c1-15-7-8-17-13-9-10-3-5-11(6-4-10)12(14)16-2/h3-6,13H,7-9H2,1-2H3. The van der Waals surface area contributed by atoms with E-state index >= 15 is 0 Å². The van der Waals surface area contributed by atoms with Gasteiger partial charge in [-0.25, -0.2) is 4.79 Å². The Hall–Kier alpha value is -1.43. The molecule has 1 N–H and O–H groups in total. The number of carbonyl (C=O) groups is 1. The van der Waals surface area contributed by atoms with Gasteiger partial charge in [-0.15, -0.1) is 0 Å². The van der Waals surface area contributed by atoms with Crippen LogP contribution in [0.25, 0.3) is 0 Å². The zero-order chi connectivity index (χ0) is 12.5. The summed E-state index contributed by atoms with van der Waals surface area (Å²) in [6.07, 6.45) is 0. The molecule has 1 rings (SSSR count). The smallest absolute Gasteiger partial charge is 0.337 e. The van der Waals surface area contributed by atoms with Gasteiger partial charge in [-0.05, 0) is 17.7 Å². The molecule has 0 saturated carbocycles. The molecule has 0 aliphatic rings. The van der Waals surface area contributed by atoms with Crippen molar-refractivity contribution < 1.29 is 19.1 Å². The quantitative estimate of drug-likeness (QED) is 0.439. The van der Waals surface area contributed by atoms with Crippen molar-refractivity contribution in [2.45, 2.75) is 6.54 Å². The average molecular weight is 239 g/mol. The Balaban J connectivity index is 2.33. The molecular weight excluding hydrogens is 222 g/mol. The van der Waals surface area contributed by atoms with Crippen LogP contribution >= 0.6 is 0 Å². The summed E-state index contributed by atoms with van der Waals surface area (Å²) in [5.41, 5.74) is 4.36. The van der Waals surface area contributed by atoms with Crippen molar-refractivity contribution in [3.05, 3.63) is 35.4 Å². The lowest BCUT2D eigenvalue weighted by Gasteiger charge is -2.06. The van der Waals surface area contributed by atoms with Crippen molar-refractivity contribution >= 4 is 5.97 Å². The molecule has 0 aliphatic heterocycles. The van der Waals surface area contributed by atoms with Crippen LogP contribution in [0.15, 0.2) is 24.3 Å². The SMILES string of the molecule is COCCONCc1ccc(C(=O)OC)cc1. The van der Waals surface area contributed by atoms with Crippen LogP contribution in [-0.2, 0) is 20.9 Å². The maximum absolute atomic E-state index is 11.2. The molecule has 0 radical (unpaired) electrons. The molecule has 0 aliphatic carbocycles. The summed E-state index contributed by atoms with van der Waals surface area (Å²) >= 11 is 0. The van der Waals surface area contributed by atoms with Gasteiger partial charge < -0.3 is 9.47 Å². The average Bonchev–Trinajstić information content (AvgIpc) is 2.38. The van der Waals surface area contributed by atoms with Crippen LogP contribution in [0.5, 0.6) is 0 Å². The number of rotatable bonds is 7. The van der Waals surface area contributed by atoms with E-state index in [9.17, 15) is 4.79 Å². The van der Waals surface area contributed by atoms with Crippen LogP contribution in [0.3, 0.4) is 0 Å². The van der Waals surface area contributed by atoms with Gasteiger partial charge in [-0.2, -0.15) is 5.48 Å². The Bertz CT molecular complexity index is 337. The van der Waals surface area contributed by atoms with Crippen molar-refractivity contribution in [1.29, 1.82) is 0 Å². The van der Waals surface area contributed by atoms with Crippen LogP contribution < -0.4 is 5.48 Å². The van der Waals surface area contributed by atoms with Crippen molar-refractivity contribution in [3.63, 3.8) is 0 Å². The summed E-state index contributed by atoms with van der Waals surface area (Å²) < 4.78 is 9.44. The maximum atomic E-state index is 11.2. The van der Waals surface area contributed by atoms with Gasteiger partial charge in [0.2, 0.25) is 0 Å². The van der Waals surface area contributed by atoms with Crippen LogP contribution in [0.2, 0.25) is 0 Å². The molecule has 0 aromatic heterocycles. The van der Waals surface area contributed by atoms with Crippen molar-refractivity contribution in [2.75, 3.05) is 27.4 Å². The first-order valence-corrected chi connectivity index (χ1v) is 5.28. The van der Waals surface area contributed by atoms with Crippen molar-refractivity contribution in [1.82, 2.24) is 5.48 Å². The van der Waals surface area contributed by atoms with Gasteiger partial charge in [0, 0.05) is 13.7 Å². The number of methoxy groups -OCH3 is 2. The summed E-state index contributed by atoms with van der Waals surface area (Å²) in [7, 11) is 2.98. The molecule has 0 bridgehead atoms. The lowest BCUT2D eigenvalue weighted by Crippen LogP contribution is -2.17. The highest BCUT2D eigenvalue weighted by Gasteiger charge is 2.03. The van der Waals surface area contributed by atoms with E-state index < -0.39 is 0 Å². The van der Waals surface area contributed by atoms with Crippen LogP contribution in [0.1, 0.15) is 15.9 Å². The molecule has 94 valence electrons. The first-order valence-electron chi connectivity index (χ1n) is 5.28. The molecule has 0 heterocycles. The minimum absolute atomic E-state index is 0.333. The molecule has 0 atom stereocenters. The molecule has 1 aromatic rings. The molecule has 0 fully saturated rings. The topological polar surface area (TPSA) is 56.8 Å². The first kappa shape index (κ1) is 13.6. The summed E-state index contributed by atoms with van der Waals surface area (Å²) in [5.74, 6) is -0.333. The molecule has 5 nitrogen and oxygen atoms in total. The summed E-state index contributed by atoms with van der Waals surface area (Å²) in [5, 5.41) is 0. The minimum Gasteiger partial charge on any atom is -0.465 e. The van der Waals surface area contributed by atoms with E-state index in [-0.39, 0.29) is 5.97 Å². The maximum Gasteiger partial charge on any atom is 0.337 e. The Morgan fingerprint density at radius 2 is 1.88 bits per heavy atom. The largest absolute Gasteiger partial charge is 0.465 e. The third kappa shape index (κ3) is 4.95. The monoisotopic (exact) mass is 239 g/mol. The fourth-order valence-electron chi connectivity index (χ4n) is 1.21. The third-order valence-electron chi connectivity index (χ3n) is 2.14. The Kier molecular flexibility index (Phi) is 6.24. The fourth-order valence-corrected chi connectivity index (χ4v) is 1.21. The number of carbonyl (C=O) groups excluding carboxylic acids is 1. The number of hydroxylamine groups is 1. The van der Waals surface area contributed by atoms with Crippen molar-refractivity contribution in [2.24, 2.45) is 0 Å². The Morgan fingerprint density at radius 3 is 2.47 bits per heavy atom. The third-order valence-corrected chi connectivity index (χ3v) is 2.14. The summed E-state index contributed by atoms with van der Waals surface area (Å²) in [6.45, 7) is 1.62. The van der Waals surface area contributed by atoms with Gasteiger partial charge in [0.05, 0.1) is 25.9 Å². The Labute approximate surface area is 101 Å². The lowest BCUT2D eigenvalue weighted by molar-refractivity contribution is 0.00346. The summed E-state index contributed by atoms with van der Waals surface area (Å²) in [6, 6.07) is 7.13. The highest BCUT2D eigenvalue weighted by Crippen LogP contribution is 2.05. The highest BCUT2D eigenvalue weighted by atomic mass is 16.7. The van der Waals surface area contributed by atoms with Gasteiger partial charge >= 0.3 is 5.97 Å². The number of hydrogen-bond donors (Lipinski definition) is 1. The van der Waals surface area contributed by atoms with E-state index in [1.165, 1.54) is 7.11 Å². The lowest BCUT2D eigenvalue weighted by atomic mass is 10.1. The number of benzene rings is 1. The second kappa shape index (κ2) is 7.78. The van der Waals surface area contributed by atoms with Gasteiger partial charge in [-0.3, -0.25) is 4.84 Å². The second-order valence-corrected chi connectivity index (χ2v) is 3.35. The Morgan fingerprint density at radius 1 is 1.18 bits per heavy atom. The van der Waals surface area contributed by atoms with Crippen LogP contribution in [0, 0.1) is 0 Å². The molecule has 17 heavy (non-hydrogen) atoms. The van der Waals surface area contributed by atoms with Crippen LogP contribution in [-0.4, -0.2) is 33.4 Å². The van der Waals surface area contributed by atoms with Gasteiger partial charge in [0.25, 0.3) is 0 Å². The normalized spacial score (nSPS) is 10.2. The second-order valence-electron chi connectivity index (χ2n) is 3.35. The fraction of sp³-hybridized carbons (Fsp3) is 0.417. The number of nitrogens with one attached hydrogen (secondary N) is 1. The minimum atomic E-state index is -0.333. The molecular formula is C12H17NO4. The van der Waals surface area contributed by atoms with E-state index in [0.29, 0.717) is 25.3 Å². The van der Waals surface area contributed by atoms with E-state index in [0.717, 1.165) is 5.56 Å². The number of ether oxygens (including phenoxy) is 2. The van der Waals surface area contributed by atoms with Gasteiger partial charge in [0.1, 0.15) is 0 Å². The molecule has 0 spiro atoms. The number of esters is 1. The zero-order valence-corrected chi connectivity index (χ0v) is 10.1. The predicted molar refractivity (Wildman–Crippen MR) is 62.4 cm³/mol. The summed E-state index contributed by atoms with van der Waals surface area (Å²) in [4.78, 5) is 16.3. The molecule has 0 saturated heterocycles. The first-order chi connectivity index (χ1) is 8.27. The van der Waals surface area contributed by atoms with Gasteiger partial charge in [-0.1, -0.05) is 12.1 Å². The van der Waals surface area contributed by atoms with E-state index in [4.69, 9.17) is 9.57 Å². The van der Waals surface area contributed by atoms with Crippen LogP contribution in [0.4, 0.5) is 0 Å². The molecule has 1 aromatic carbocycles. The van der Waals surface area contributed by atoms with E-state index in [1.54, 1.807) is 19.2 Å². The molecule has 5 heteroatoms. The molecule has 0 amide bonds.